The van der Waals surface area contributed by atoms with Gasteiger partial charge in [-0.25, -0.2) is 0 Å². The van der Waals surface area contributed by atoms with Crippen molar-refractivity contribution in [3.05, 3.63) is 30.3 Å². The van der Waals surface area contributed by atoms with Crippen molar-refractivity contribution in [2.75, 3.05) is 20.7 Å². The van der Waals surface area contributed by atoms with Crippen LogP contribution in [0.2, 0.25) is 0 Å². The van der Waals surface area contributed by atoms with Crippen molar-refractivity contribution in [1.29, 1.82) is 0 Å². The third-order valence-corrected chi connectivity index (χ3v) is 6.75. The minimum atomic E-state index is 0.237. The first-order valence-corrected chi connectivity index (χ1v) is 10.9. The maximum Gasteiger partial charge on any atom is 0.244 e. The highest BCUT2D eigenvalue weighted by molar-refractivity contribution is 5.97. The van der Waals surface area contributed by atoms with E-state index in [1.807, 2.05) is 12.1 Å². The molecule has 3 heterocycles. The Hall–Kier alpha value is -2.34. The lowest BCUT2D eigenvalue weighted by Gasteiger charge is -2.22. The van der Waals surface area contributed by atoms with Gasteiger partial charge in [-0.3, -0.25) is 4.90 Å². The van der Waals surface area contributed by atoms with E-state index in [1.54, 1.807) is 7.11 Å². The second kappa shape index (κ2) is 7.82. The van der Waals surface area contributed by atoms with Crippen LogP contribution < -0.4 is 4.74 Å². The lowest BCUT2D eigenvalue weighted by Crippen LogP contribution is -2.17. The van der Waals surface area contributed by atoms with E-state index in [0.29, 0.717) is 5.82 Å². The van der Waals surface area contributed by atoms with E-state index in [0.717, 1.165) is 53.5 Å². The molecule has 2 aliphatic rings. The highest BCUT2D eigenvalue weighted by Gasteiger charge is 2.29. The van der Waals surface area contributed by atoms with Crippen molar-refractivity contribution >= 4 is 10.9 Å². The summed E-state index contributed by atoms with van der Waals surface area (Å²) in [5, 5.41) is 5.50. The number of rotatable bonds is 5. The summed E-state index contributed by atoms with van der Waals surface area (Å²) in [6, 6.07) is 6.46. The summed E-state index contributed by atoms with van der Waals surface area (Å²) >= 11 is 0. The maximum absolute atomic E-state index is 5.72. The molecular weight excluding hydrogens is 364 g/mol. The van der Waals surface area contributed by atoms with Crippen molar-refractivity contribution in [3.63, 3.8) is 0 Å². The molecule has 154 valence electrons. The molecular formula is C23H30N4O2. The second-order valence-electron chi connectivity index (χ2n) is 8.65. The summed E-state index contributed by atoms with van der Waals surface area (Å²) in [6.45, 7) is 2.10. The van der Waals surface area contributed by atoms with Crippen LogP contribution in [-0.4, -0.2) is 40.3 Å². The third kappa shape index (κ3) is 3.44. The lowest BCUT2D eigenvalue weighted by molar-refractivity contribution is 0.245. The standard InChI is InChI=1S/C23H30N4O2/c1-26-13-7-11-19(26)23-24-22(25-29-23)18-15-27(14-16-8-4-3-5-9-16)21-17(18)10-6-12-20(21)28-2/h6,10,12,15-16,19H,3-5,7-9,11,13-14H2,1-2H3/t19-/m1/s1. The molecule has 6 heteroatoms. The van der Waals surface area contributed by atoms with Crippen LogP contribution >= 0.6 is 0 Å². The number of aromatic nitrogens is 3. The molecule has 0 amide bonds. The predicted molar refractivity (Wildman–Crippen MR) is 113 cm³/mol. The van der Waals surface area contributed by atoms with Crippen LogP contribution in [-0.2, 0) is 6.54 Å². The van der Waals surface area contributed by atoms with Gasteiger partial charge in [-0.1, -0.05) is 36.6 Å². The number of benzene rings is 1. The molecule has 1 saturated heterocycles. The molecule has 2 fully saturated rings. The van der Waals surface area contributed by atoms with Crippen molar-refractivity contribution < 1.29 is 9.26 Å². The Morgan fingerprint density at radius 1 is 1.14 bits per heavy atom. The molecule has 5 rings (SSSR count). The normalized spacial score (nSPS) is 21.2. The van der Waals surface area contributed by atoms with Crippen molar-refractivity contribution in [3.8, 4) is 17.1 Å². The minimum absolute atomic E-state index is 0.237. The first-order valence-electron chi connectivity index (χ1n) is 10.9. The fourth-order valence-electron chi connectivity index (χ4n) is 5.16. The van der Waals surface area contributed by atoms with E-state index in [4.69, 9.17) is 14.2 Å². The average molecular weight is 395 g/mol. The quantitative estimate of drug-likeness (QED) is 0.606. The zero-order chi connectivity index (χ0) is 19.8. The molecule has 1 aliphatic carbocycles. The van der Waals surface area contributed by atoms with Crippen LogP contribution in [0.4, 0.5) is 0 Å². The number of para-hydroxylation sites is 1. The molecule has 29 heavy (non-hydrogen) atoms. The van der Waals surface area contributed by atoms with Gasteiger partial charge in [0.15, 0.2) is 0 Å². The zero-order valence-electron chi connectivity index (χ0n) is 17.4. The van der Waals surface area contributed by atoms with Crippen LogP contribution in [0.3, 0.4) is 0 Å². The number of ether oxygens (including phenoxy) is 1. The van der Waals surface area contributed by atoms with Gasteiger partial charge < -0.3 is 13.8 Å². The van der Waals surface area contributed by atoms with Crippen molar-refractivity contribution in [2.24, 2.45) is 5.92 Å². The second-order valence-corrected chi connectivity index (χ2v) is 8.65. The molecule has 1 aromatic carbocycles. The molecule has 0 N–H and O–H groups in total. The molecule has 3 aromatic rings. The van der Waals surface area contributed by atoms with Gasteiger partial charge in [0, 0.05) is 23.7 Å². The van der Waals surface area contributed by atoms with E-state index < -0.39 is 0 Å². The molecule has 0 spiro atoms. The monoisotopic (exact) mass is 394 g/mol. The molecule has 1 atom stereocenters. The van der Waals surface area contributed by atoms with E-state index >= 15 is 0 Å². The van der Waals surface area contributed by atoms with Crippen LogP contribution in [0, 0.1) is 5.92 Å². The fourth-order valence-corrected chi connectivity index (χ4v) is 5.16. The number of nitrogens with zero attached hydrogens (tertiary/aromatic N) is 4. The molecule has 1 saturated carbocycles. The highest BCUT2D eigenvalue weighted by Crippen LogP contribution is 2.37. The van der Waals surface area contributed by atoms with Gasteiger partial charge in [0.2, 0.25) is 11.7 Å². The smallest absolute Gasteiger partial charge is 0.244 e. The Morgan fingerprint density at radius 2 is 2.00 bits per heavy atom. The molecule has 6 nitrogen and oxygen atoms in total. The topological polar surface area (TPSA) is 56.3 Å². The van der Waals surface area contributed by atoms with Gasteiger partial charge in [0.05, 0.1) is 18.7 Å². The van der Waals surface area contributed by atoms with E-state index in [2.05, 4.69) is 33.9 Å². The first kappa shape index (κ1) is 18.7. The van der Waals surface area contributed by atoms with E-state index in [9.17, 15) is 0 Å². The van der Waals surface area contributed by atoms with E-state index in [-0.39, 0.29) is 6.04 Å². The number of hydrogen-bond donors (Lipinski definition) is 0. The van der Waals surface area contributed by atoms with Gasteiger partial charge in [-0.2, -0.15) is 4.98 Å². The van der Waals surface area contributed by atoms with E-state index in [1.165, 1.54) is 38.5 Å². The zero-order valence-corrected chi connectivity index (χ0v) is 17.4. The summed E-state index contributed by atoms with van der Waals surface area (Å²) in [6.07, 6.45) is 11.1. The van der Waals surface area contributed by atoms with Crippen LogP contribution in [0.1, 0.15) is 56.9 Å². The van der Waals surface area contributed by atoms with Gasteiger partial charge >= 0.3 is 0 Å². The summed E-state index contributed by atoms with van der Waals surface area (Å²) in [4.78, 5) is 7.10. The van der Waals surface area contributed by atoms with Gasteiger partial charge in [0.25, 0.3) is 0 Å². The van der Waals surface area contributed by atoms with Gasteiger partial charge in [-0.05, 0) is 51.3 Å². The average Bonchev–Trinajstić information content (AvgIpc) is 3.47. The summed E-state index contributed by atoms with van der Waals surface area (Å²) in [7, 11) is 3.87. The fraction of sp³-hybridized carbons (Fsp3) is 0.565. The predicted octanol–water partition coefficient (Wildman–Crippen LogP) is 5.05. The highest BCUT2D eigenvalue weighted by atomic mass is 16.5. The van der Waals surface area contributed by atoms with Crippen molar-refractivity contribution in [2.45, 2.75) is 57.5 Å². The Kier molecular flexibility index (Phi) is 5.04. The minimum Gasteiger partial charge on any atom is -0.495 e. The maximum atomic E-state index is 5.72. The number of methoxy groups -OCH3 is 1. The lowest BCUT2D eigenvalue weighted by atomic mass is 9.89. The molecule has 0 radical (unpaired) electrons. The first-order chi connectivity index (χ1) is 14.2. The molecule has 1 aliphatic heterocycles. The third-order valence-electron chi connectivity index (χ3n) is 6.75. The SMILES string of the molecule is COc1cccc2c(-c3noc([C@H]4CCCN4C)n3)cn(CC3CCCCC3)c12. The Bertz CT molecular complexity index is 986. The number of fused-ring (bicyclic) bond motifs is 1. The molecule has 0 bridgehead atoms. The van der Waals surface area contributed by atoms with Crippen LogP contribution in [0.15, 0.2) is 28.9 Å². The Balaban J connectivity index is 1.54. The Morgan fingerprint density at radius 3 is 2.76 bits per heavy atom. The van der Waals surface area contributed by atoms with Crippen LogP contribution in [0.5, 0.6) is 5.75 Å². The summed E-state index contributed by atoms with van der Waals surface area (Å²) < 4.78 is 13.8. The van der Waals surface area contributed by atoms with Crippen LogP contribution in [0.25, 0.3) is 22.3 Å². The van der Waals surface area contributed by atoms with Gasteiger partial charge in [0.1, 0.15) is 5.75 Å². The summed E-state index contributed by atoms with van der Waals surface area (Å²) in [5.41, 5.74) is 2.17. The molecule has 2 aromatic heterocycles. The Labute approximate surface area is 171 Å². The number of hydrogen-bond acceptors (Lipinski definition) is 5. The number of likely N-dealkylation sites (tertiary alicyclic amines) is 1. The summed E-state index contributed by atoms with van der Waals surface area (Å²) in [5.74, 6) is 3.05. The molecule has 0 unspecified atom stereocenters. The van der Waals surface area contributed by atoms with Gasteiger partial charge in [-0.15, -0.1) is 0 Å². The van der Waals surface area contributed by atoms with Crippen molar-refractivity contribution in [1.82, 2.24) is 19.6 Å². The largest absolute Gasteiger partial charge is 0.495 e.